The van der Waals surface area contributed by atoms with Crippen LogP contribution in [-0.2, 0) is 0 Å². The highest BCUT2D eigenvalue weighted by atomic mass is 16.4. The molecule has 4 aliphatic rings. The van der Waals surface area contributed by atoms with Gasteiger partial charge in [0.05, 0.1) is 11.8 Å². The number of rotatable bonds is 0. The van der Waals surface area contributed by atoms with Crippen LogP contribution in [-0.4, -0.2) is 22.1 Å². The molecule has 0 amide bonds. The summed E-state index contributed by atoms with van der Waals surface area (Å²) < 4.78 is 0. The molecule has 0 aliphatic heterocycles. The van der Waals surface area contributed by atoms with Crippen LogP contribution in [0.25, 0.3) is 0 Å². The molecule has 3 heteroatoms. The van der Waals surface area contributed by atoms with Gasteiger partial charge in [-0.2, -0.15) is 0 Å². The summed E-state index contributed by atoms with van der Waals surface area (Å²) in [5.74, 6) is 3.11. The van der Waals surface area contributed by atoms with Gasteiger partial charge in [0.2, 0.25) is 0 Å². The van der Waals surface area contributed by atoms with E-state index >= 15 is 0 Å². The summed E-state index contributed by atoms with van der Waals surface area (Å²) in [5.41, 5.74) is 1.65. The summed E-state index contributed by atoms with van der Waals surface area (Å²) in [7, 11) is 0. The monoisotopic (exact) mass is 305 g/mol. The first-order chi connectivity index (χ1) is 10.5. The van der Waals surface area contributed by atoms with Gasteiger partial charge in [0.1, 0.15) is 0 Å². The number of aliphatic hydroxyl groups is 1. The van der Waals surface area contributed by atoms with E-state index < -0.39 is 0 Å². The van der Waals surface area contributed by atoms with E-state index in [4.69, 9.17) is 5.21 Å². The van der Waals surface area contributed by atoms with Crippen LogP contribution < -0.4 is 0 Å². The predicted octanol–water partition coefficient (Wildman–Crippen LogP) is 4.22. The molecule has 3 nitrogen and oxygen atoms in total. The predicted molar refractivity (Wildman–Crippen MR) is 87.0 cm³/mol. The summed E-state index contributed by atoms with van der Waals surface area (Å²) in [5, 5.41) is 23.2. The van der Waals surface area contributed by atoms with E-state index in [1.165, 1.54) is 38.5 Å². The standard InChI is InChI=1S/C19H31NO2/c1-18-9-7-13(20-22)11-12(18)3-4-14-15-5-6-17(21)19(15,2)10-8-16(14)18/h12,14-17,21-22H,3-11H2,1-2H3. The summed E-state index contributed by atoms with van der Waals surface area (Å²) in [4.78, 5) is 0. The van der Waals surface area contributed by atoms with E-state index in [9.17, 15) is 5.11 Å². The quantitative estimate of drug-likeness (QED) is 0.520. The fraction of sp³-hybridized carbons (Fsp3) is 0.947. The minimum atomic E-state index is -0.0662. The lowest BCUT2D eigenvalue weighted by Gasteiger charge is -2.60. The van der Waals surface area contributed by atoms with Gasteiger partial charge in [0, 0.05) is 0 Å². The maximum absolute atomic E-state index is 10.5. The Hall–Kier alpha value is -0.570. The van der Waals surface area contributed by atoms with Crippen LogP contribution >= 0.6 is 0 Å². The first-order valence-corrected chi connectivity index (χ1v) is 9.37. The fourth-order valence-electron chi connectivity index (χ4n) is 7.12. The first-order valence-electron chi connectivity index (χ1n) is 9.37. The third-order valence-electron chi connectivity index (χ3n) is 8.59. The molecule has 0 aromatic rings. The molecule has 7 atom stereocenters. The smallest absolute Gasteiger partial charge is 0.0596 e. The molecule has 0 aromatic carbocycles. The zero-order valence-corrected chi connectivity index (χ0v) is 14.1. The van der Waals surface area contributed by atoms with E-state index in [1.54, 1.807) is 0 Å². The molecule has 0 aromatic heterocycles. The van der Waals surface area contributed by atoms with Crippen molar-refractivity contribution in [3.8, 4) is 0 Å². The van der Waals surface area contributed by atoms with Crippen molar-refractivity contribution in [1.29, 1.82) is 0 Å². The van der Waals surface area contributed by atoms with Crippen LogP contribution in [0, 0.1) is 34.5 Å². The summed E-state index contributed by atoms with van der Waals surface area (Å²) in [6.45, 7) is 4.88. The summed E-state index contributed by atoms with van der Waals surface area (Å²) >= 11 is 0. The van der Waals surface area contributed by atoms with Crippen molar-refractivity contribution in [3.63, 3.8) is 0 Å². The molecule has 0 heterocycles. The third kappa shape index (κ3) is 1.87. The van der Waals surface area contributed by atoms with Gasteiger partial charge in [-0.05, 0) is 92.3 Å². The Morgan fingerprint density at radius 2 is 1.73 bits per heavy atom. The maximum Gasteiger partial charge on any atom is 0.0596 e. The van der Waals surface area contributed by atoms with Gasteiger partial charge in [-0.3, -0.25) is 0 Å². The SMILES string of the molecule is CC12CCC3C(CCC4CC(=NO)CCC43C)C1CCC2O. The number of hydrogen-bond acceptors (Lipinski definition) is 3. The molecule has 7 unspecified atom stereocenters. The van der Waals surface area contributed by atoms with Crippen molar-refractivity contribution >= 4 is 5.71 Å². The van der Waals surface area contributed by atoms with Crippen LogP contribution in [0.1, 0.15) is 71.6 Å². The highest BCUT2D eigenvalue weighted by Gasteiger charge is 2.59. The maximum atomic E-state index is 10.5. The molecule has 4 aliphatic carbocycles. The molecule has 0 spiro atoms. The molecule has 2 N–H and O–H groups in total. The van der Waals surface area contributed by atoms with Gasteiger partial charge in [0.15, 0.2) is 0 Å². The minimum Gasteiger partial charge on any atom is -0.411 e. The highest BCUT2D eigenvalue weighted by molar-refractivity contribution is 5.85. The number of nitrogens with zero attached hydrogens (tertiary/aromatic N) is 1. The van der Waals surface area contributed by atoms with E-state index in [1.807, 2.05) is 0 Å². The molecule has 0 radical (unpaired) electrons. The Bertz CT molecular complexity index is 490. The number of fused-ring (bicyclic) bond motifs is 5. The molecule has 0 saturated heterocycles. The van der Waals surface area contributed by atoms with Crippen LogP contribution in [0.2, 0.25) is 0 Å². The molecular weight excluding hydrogens is 274 g/mol. The Balaban J connectivity index is 1.62. The van der Waals surface area contributed by atoms with Crippen molar-refractivity contribution in [2.24, 2.45) is 39.7 Å². The molecule has 22 heavy (non-hydrogen) atoms. The third-order valence-corrected chi connectivity index (χ3v) is 8.59. The Labute approximate surface area is 134 Å². The lowest BCUT2D eigenvalue weighted by molar-refractivity contribution is -0.112. The largest absolute Gasteiger partial charge is 0.411 e. The molecule has 4 rings (SSSR count). The molecular formula is C19H31NO2. The van der Waals surface area contributed by atoms with Crippen molar-refractivity contribution in [3.05, 3.63) is 0 Å². The average molecular weight is 305 g/mol. The van der Waals surface area contributed by atoms with E-state index in [0.29, 0.717) is 11.3 Å². The van der Waals surface area contributed by atoms with Gasteiger partial charge >= 0.3 is 0 Å². The Kier molecular flexibility index (Phi) is 3.38. The topological polar surface area (TPSA) is 52.8 Å². The fourth-order valence-corrected chi connectivity index (χ4v) is 7.12. The van der Waals surface area contributed by atoms with Crippen LogP contribution in [0.15, 0.2) is 5.16 Å². The van der Waals surface area contributed by atoms with Crippen molar-refractivity contribution < 1.29 is 10.3 Å². The Morgan fingerprint density at radius 1 is 0.955 bits per heavy atom. The number of hydrogen-bond donors (Lipinski definition) is 2. The zero-order chi connectivity index (χ0) is 15.5. The van der Waals surface area contributed by atoms with Gasteiger partial charge in [-0.15, -0.1) is 0 Å². The van der Waals surface area contributed by atoms with Gasteiger partial charge in [-0.1, -0.05) is 19.0 Å². The van der Waals surface area contributed by atoms with Gasteiger partial charge in [0.25, 0.3) is 0 Å². The molecule has 124 valence electrons. The van der Waals surface area contributed by atoms with Gasteiger partial charge in [-0.25, -0.2) is 0 Å². The highest BCUT2D eigenvalue weighted by Crippen LogP contribution is 2.65. The van der Waals surface area contributed by atoms with E-state index in [0.717, 1.165) is 42.7 Å². The number of oxime groups is 1. The van der Waals surface area contributed by atoms with Crippen molar-refractivity contribution in [2.75, 3.05) is 0 Å². The molecule has 4 fully saturated rings. The first kappa shape index (κ1) is 15.0. The van der Waals surface area contributed by atoms with Crippen LogP contribution in [0.4, 0.5) is 0 Å². The lowest BCUT2D eigenvalue weighted by atomic mass is 9.45. The second-order valence-corrected chi connectivity index (χ2v) is 9.16. The van der Waals surface area contributed by atoms with Gasteiger partial charge < -0.3 is 10.3 Å². The van der Waals surface area contributed by atoms with E-state index in [-0.39, 0.29) is 11.5 Å². The Morgan fingerprint density at radius 3 is 2.50 bits per heavy atom. The van der Waals surface area contributed by atoms with Crippen molar-refractivity contribution in [1.82, 2.24) is 0 Å². The normalized spacial score (nSPS) is 56.3. The van der Waals surface area contributed by atoms with Crippen molar-refractivity contribution in [2.45, 2.75) is 77.7 Å². The van der Waals surface area contributed by atoms with Crippen LogP contribution in [0.5, 0.6) is 0 Å². The number of aliphatic hydroxyl groups excluding tert-OH is 1. The summed E-state index contributed by atoms with van der Waals surface area (Å²) in [6, 6.07) is 0. The van der Waals surface area contributed by atoms with E-state index in [2.05, 4.69) is 19.0 Å². The molecule has 0 bridgehead atoms. The molecule has 4 saturated carbocycles. The summed E-state index contributed by atoms with van der Waals surface area (Å²) in [6.07, 6.45) is 10.5. The second-order valence-electron chi connectivity index (χ2n) is 9.16. The minimum absolute atomic E-state index is 0.0662. The second kappa shape index (κ2) is 4.96. The zero-order valence-electron chi connectivity index (χ0n) is 14.1. The average Bonchev–Trinajstić information content (AvgIpc) is 2.82. The lowest BCUT2D eigenvalue weighted by Crippen LogP contribution is -2.54. The van der Waals surface area contributed by atoms with Crippen LogP contribution in [0.3, 0.4) is 0 Å².